The van der Waals surface area contributed by atoms with E-state index in [0.717, 1.165) is 32.1 Å². The Labute approximate surface area is 134 Å². The van der Waals surface area contributed by atoms with E-state index in [1.807, 2.05) is 6.92 Å². The van der Waals surface area contributed by atoms with Gasteiger partial charge in [0.25, 0.3) is 0 Å². The number of ether oxygens (including phenoxy) is 1. The fraction of sp³-hybridized carbons (Fsp3) is 0.643. The van der Waals surface area contributed by atoms with Gasteiger partial charge < -0.3 is 15.8 Å². The van der Waals surface area contributed by atoms with Crippen LogP contribution in [0, 0.1) is 5.92 Å². The first-order valence-corrected chi connectivity index (χ1v) is 7.87. The molecule has 8 heteroatoms. The van der Waals surface area contributed by atoms with Crippen molar-refractivity contribution in [1.82, 2.24) is 9.97 Å². The van der Waals surface area contributed by atoms with Crippen molar-refractivity contribution in [3.05, 3.63) is 11.5 Å². The lowest BCUT2D eigenvalue weighted by Crippen LogP contribution is -2.62. The molecule has 5 N–H and O–H groups in total. The molecule has 0 spiro atoms. The number of carbonyl (C=O) groups excluding carboxylic acids is 1. The fourth-order valence-electron chi connectivity index (χ4n) is 2.28. The van der Waals surface area contributed by atoms with E-state index in [0.29, 0.717) is 6.61 Å². The summed E-state index contributed by atoms with van der Waals surface area (Å²) in [6.07, 6.45) is 5.75. The van der Waals surface area contributed by atoms with Gasteiger partial charge in [-0.2, -0.15) is 0 Å². The van der Waals surface area contributed by atoms with Crippen LogP contribution in [-0.2, 0) is 9.53 Å². The molecule has 7 nitrogen and oxygen atoms in total. The summed E-state index contributed by atoms with van der Waals surface area (Å²) in [6, 6.07) is 0. The third kappa shape index (κ3) is 3.41. The third-order valence-electron chi connectivity index (χ3n) is 3.98. The van der Waals surface area contributed by atoms with Crippen LogP contribution in [0.3, 0.4) is 0 Å². The van der Waals surface area contributed by atoms with E-state index in [2.05, 4.69) is 15.3 Å². The van der Waals surface area contributed by atoms with E-state index in [1.165, 1.54) is 6.33 Å². The van der Waals surface area contributed by atoms with E-state index in [4.69, 9.17) is 27.8 Å². The molecule has 1 aromatic heterocycles. The molecule has 122 valence electrons. The quantitative estimate of drug-likeness (QED) is 0.303. The van der Waals surface area contributed by atoms with Gasteiger partial charge in [-0.05, 0) is 19.3 Å². The molecule has 0 radical (unpaired) electrons. The summed E-state index contributed by atoms with van der Waals surface area (Å²) < 4.78 is 5.30. The van der Waals surface area contributed by atoms with Crippen LogP contribution in [0.15, 0.2) is 6.33 Å². The predicted molar refractivity (Wildman–Crippen MR) is 85.2 cm³/mol. The highest BCUT2D eigenvalue weighted by Gasteiger charge is 2.47. The average Bonchev–Trinajstić information content (AvgIpc) is 2.42. The molecule has 0 bridgehead atoms. The topological polar surface area (TPSA) is 116 Å². The normalized spacial score (nSPS) is 17.4. The molecule has 2 rings (SSSR count). The SMILES string of the molecule is CCCCOC(=O)C(N)(Nc1ncnc(Cl)c1N)C1CCC1. The Bertz CT molecular complexity index is 538. The molecule has 0 amide bonds. The van der Waals surface area contributed by atoms with Crippen LogP contribution in [0.1, 0.15) is 39.0 Å². The number of hydrogen-bond acceptors (Lipinski definition) is 7. The second-order valence-corrected chi connectivity index (χ2v) is 5.90. The summed E-state index contributed by atoms with van der Waals surface area (Å²) in [7, 11) is 0. The van der Waals surface area contributed by atoms with Gasteiger partial charge in [0.2, 0.25) is 0 Å². The van der Waals surface area contributed by atoms with Crippen molar-refractivity contribution in [3.8, 4) is 0 Å². The molecule has 1 unspecified atom stereocenters. The minimum atomic E-state index is -1.35. The first-order chi connectivity index (χ1) is 10.5. The molecule has 1 atom stereocenters. The first kappa shape index (κ1) is 16.8. The molecule has 1 fully saturated rings. The summed E-state index contributed by atoms with van der Waals surface area (Å²) >= 11 is 5.88. The molecule has 0 aliphatic heterocycles. The Balaban J connectivity index is 2.18. The number of anilines is 2. The summed E-state index contributed by atoms with van der Waals surface area (Å²) in [4.78, 5) is 20.3. The lowest BCUT2D eigenvalue weighted by molar-refractivity contribution is -0.152. The Morgan fingerprint density at radius 3 is 2.86 bits per heavy atom. The summed E-state index contributed by atoms with van der Waals surface area (Å²) in [5.74, 6) is -0.253. The van der Waals surface area contributed by atoms with Crippen molar-refractivity contribution < 1.29 is 9.53 Å². The zero-order valence-electron chi connectivity index (χ0n) is 12.6. The van der Waals surface area contributed by atoms with Gasteiger partial charge in [0.05, 0.1) is 6.61 Å². The monoisotopic (exact) mass is 327 g/mol. The molecule has 1 aliphatic rings. The van der Waals surface area contributed by atoms with Crippen molar-refractivity contribution in [3.63, 3.8) is 0 Å². The maximum Gasteiger partial charge on any atom is 0.347 e. The smallest absolute Gasteiger partial charge is 0.347 e. The van der Waals surface area contributed by atoms with E-state index < -0.39 is 11.6 Å². The van der Waals surface area contributed by atoms with Gasteiger partial charge in [-0.1, -0.05) is 31.4 Å². The molecular formula is C14H22ClN5O2. The number of nitrogen functional groups attached to an aromatic ring is 1. The molecular weight excluding hydrogens is 306 g/mol. The van der Waals surface area contributed by atoms with Crippen LogP contribution in [-0.4, -0.2) is 28.2 Å². The van der Waals surface area contributed by atoms with E-state index in [-0.39, 0.29) is 22.6 Å². The summed E-state index contributed by atoms with van der Waals surface area (Å²) in [5.41, 5.74) is 11.0. The minimum Gasteiger partial charge on any atom is -0.463 e. The Hall–Kier alpha value is -1.60. The van der Waals surface area contributed by atoms with E-state index >= 15 is 0 Å². The van der Waals surface area contributed by atoms with Gasteiger partial charge in [0, 0.05) is 5.92 Å². The average molecular weight is 328 g/mol. The molecule has 1 aliphatic carbocycles. The van der Waals surface area contributed by atoms with Crippen LogP contribution in [0.25, 0.3) is 0 Å². The number of esters is 1. The van der Waals surface area contributed by atoms with Crippen molar-refractivity contribution in [2.75, 3.05) is 17.7 Å². The van der Waals surface area contributed by atoms with Crippen molar-refractivity contribution >= 4 is 29.1 Å². The minimum absolute atomic E-state index is 0.0187. The van der Waals surface area contributed by atoms with E-state index in [1.54, 1.807) is 0 Å². The van der Waals surface area contributed by atoms with Crippen LogP contribution >= 0.6 is 11.6 Å². The lowest BCUT2D eigenvalue weighted by Gasteiger charge is -2.41. The highest BCUT2D eigenvalue weighted by atomic mass is 35.5. The highest BCUT2D eigenvalue weighted by Crippen LogP contribution is 2.37. The standard InChI is InChI=1S/C14H22ClN5O2/c1-2-3-7-22-13(21)14(17,9-5-4-6-9)20-12-10(16)11(15)18-8-19-12/h8-9H,2-7,16-17H2,1H3,(H,18,19,20). The van der Waals surface area contributed by atoms with Gasteiger partial charge in [-0.25, -0.2) is 14.8 Å². The van der Waals surface area contributed by atoms with Crippen LogP contribution in [0.4, 0.5) is 11.5 Å². The number of nitrogens with two attached hydrogens (primary N) is 2. The number of nitrogens with zero attached hydrogens (tertiary/aromatic N) is 2. The van der Waals surface area contributed by atoms with Crippen molar-refractivity contribution in [2.24, 2.45) is 11.7 Å². The molecule has 1 saturated carbocycles. The molecule has 0 aromatic carbocycles. The number of rotatable bonds is 7. The second-order valence-electron chi connectivity index (χ2n) is 5.54. The highest BCUT2D eigenvalue weighted by molar-refractivity contribution is 6.32. The first-order valence-electron chi connectivity index (χ1n) is 7.49. The zero-order chi connectivity index (χ0) is 16.2. The third-order valence-corrected chi connectivity index (χ3v) is 4.28. The maximum absolute atomic E-state index is 12.4. The van der Waals surface area contributed by atoms with Crippen LogP contribution < -0.4 is 16.8 Å². The Morgan fingerprint density at radius 2 is 2.27 bits per heavy atom. The van der Waals surface area contributed by atoms with Gasteiger partial charge in [0.15, 0.2) is 16.6 Å². The second kappa shape index (κ2) is 7.11. The molecule has 0 saturated heterocycles. The Kier molecular flexibility index (Phi) is 5.42. The number of halogens is 1. The molecule has 1 aromatic rings. The van der Waals surface area contributed by atoms with Gasteiger partial charge in [0.1, 0.15) is 12.0 Å². The lowest BCUT2D eigenvalue weighted by atomic mass is 9.75. The largest absolute Gasteiger partial charge is 0.463 e. The maximum atomic E-state index is 12.4. The molecule has 1 heterocycles. The summed E-state index contributed by atoms with van der Waals surface area (Å²) in [6.45, 7) is 2.37. The van der Waals surface area contributed by atoms with Gasteiger partial charge >= 0.3 is 5.97 Å². The van der Waals surface area contributed by atoms with Gasteiger partial charge in [-0.15, -0.1) is 0 Å². The van der Waals surface area contributed by atoms with Gasteiger partial charge in [-0.3, -0.25) is 5.73 Å². The molecule has 22 heavy (non-hydrogen) atoms. The van der Waals surface area contributed by atoms with E-state index in [9.17, 15) is 4.79 Å². The van der Waals surface area contributed by atoms with Crippen LogP contribution in [0.2, 0.25) is 5.15 Å². The Morgan fingerprint density at radius 1 is 1.55 bits per heavy atom. The van der Waals surface area contributed by atoms with Crippen LogP contribution in [0.5, 0.6) is 0 Å². The predicted octanol–water partition coefficient (Wildman–Crippen LogP) is 1.92. The number of aromatic nitrogens is 2. The van der Waals surface area contributed by atoms with Crippen molar-refractivity contribution in [1.29, 1.82) is 0 Å². The fourth-order valence-corrected chi connectivity index (χ4v) is 2.41. The zero-order valence-corrected chi connectivity index (χ0v) is 13.4. The number of carbonyl (C=O) groups is 1. The van der Waals surface area contributed by atoms with Crippen molar-refractivity contribution in [2.45, 2.75) is 44.7 Å². The summed E-state index contributed by atoms with van der Waals surface area (Å²) in [5, 5.41) is 3.05. The number of unbranched alkanes of at least 4 members (excludes halogenated alkanes) is 1. The number of hydrogen-bond donors (Lipinski definition) is 3. The number of nitrogens with one attached hydrogen (secondary N) is 1.